The third-order valence-electron chi connectivity index (χ3n) is 7.97. The van der Waals surface area contributed by atoms with Gasteiger partial charge in [0.15, 0.2) is 11.6 Å². The first-order valence-corrected chi connectivity index (χ1v) is 12.4. The highest BCUT2D eigenvalue weighted by molar-refractivity contribution is 6.07. The van der Waals surface area contributed by atoms with Crippen molar-refractivity contribution in [2.45, 2.75) is 44.3 Å². The van der Waals surface area contributed by atoms with Gasteiger partial charge in [0, 0.05) is 43.2 Å². The lowest BCUT2D eigenvalue weighted by Crippen LogP contribution is -2.72. The SMILES string of the molecule is O=C1N(c2ccc(F)c(O)c2)C(C2=CCCC=N2)C12CCN(c1nc3c([nH]1)CC(C(F)(F)F)C(F)=C3)CC2. The number of hydrogen-bond acceptors (Lipinski definition) is 5. The number of nitrogens with zero attached hydrogens (tertiary/aromatic N) is 4. The van der Waals surface area contributed by atoms with Gasteiger partial charge in [-0.3, -0.25) is 9.79 Å². The lowest BCUT2D eigenvalue weighted by Gasteiger charge is -2.58. The molecule has 2 fully saturated rings. The van der Waals surface area contributed by atoms with Gasteiger partial charge in [-0.2, -0.15) is 13.2 Å². The van der Waals surface area contributed by atoms with Crippen LogP contribution in [0.1, 0.15) is 37.1 Å². The van der Waals surface area contributed by atoms with E-state index < -0.39 is 47.4 Å². The number of rotatable bonds is 3. The summed E-state index contributed by atoms with van der Waals surface area (Å²) in [6.07, 6.45) is 1.79. The zero-order valence-electron chi connectivity index (χ0n) is 20.1. The highest BCUT2D eigenvalue weighted by Gasteiger charge is 2.63. The van der Waals surface area contributed by atoms with Crippen LogP contribution < -0.4 is 9.80 Å². The molecule has 2 atom stereocenters. The maximum absolute atomic E-state index is 14.1. The molecule has 1 aromatic carbocycles. The van der Waals surface area contributed by atoms with Crippen LogP contribution in [0.4, 0.5) is 33.6 Å². The third-order valence-corrected chi connectivity index (χ3v) is 7.97. The number of aromatic nitrogens is 2. The predicted octanol–water partition coefficient (Wildman–Crippen LogP) is 5.05. The average Bonchev–Trinajstić information content (AvgIpc) is 3.31. The Morgan fingerprint density at radius 1 is 1.13 bits per heavy atom. The van der Waals surface area contributed by atoms with E-state index in [-0.39, 0.29) is 17.3 Å². The normalized spacial score (nSPS) is 24.7. The molecule has 2 aromatic rings. The molecule has 1 aliphatic carbocycles. The van der Waals surface area contributed by atoms with E-state index in [0.717, 1.165) is 30.7 Å². The molecule has 0 bridgehead atoms. The first-order valence-electron chi connectivity index (χ1n) is 12.4. The molecule has 2 saturated heterocycles. The number of carbonyl (C=O) groups excluding carboxylic acids is 1. The number of carbonyl (C=O) groups is 1. The van der Waals surface area contributed by atoms with Crippen molar-refractivity contribution in [1.82, 2.24) is 9.97 Å². The number of fused-ring (bicyclic) bond motifs is 1. The van der Waals surface area contributed by atoms with E-state index in [1.807, 2.05) is 11.0 Å². The number of allylic oxidation sites excluding steroid dienone is 2. The minimum Gasteiger partial charge on any atom is -0.505 e. The number of β-lactam (4-membered cyclic amide) rings is 1. The monoisotopic (exact) mass is 533 g/mol. The Hall–Kier alpha value is -3.70. The number of piperidine rings is 1. The van der Waals surface area contributed by atoms with E-state index >= 15 is 0 Å². The van der Waals surface area contributed by atoms with Crippen molar-refractivity contribution >= 4 is 29.8 Å². The number of anilines is 2. The molecule has 0 saturated carbocycles. The van der Waals surface area contributed by atoms with E-state index in [1.165, 1.54) is 12.1 Å². The van der Waals surface area contributed by atoms with Gasteiger partial charge in [-0.15, -0.1) is 0 Å². The topological polar surface area (TPSA) is 84.8 Å². The molecule has 7 nitrogen and oxygen atoms in total. The fourth-order valence-electron chi connectivity index (χ4n) is 5.94. The van der Waals surface area contributed by atoms with Crippen LogP contribution in [0, 0.1) is 17.2 Å². The number of benzene rings is 1. The summed E-state index contributed by atoms with van der Waals surface area (Å²) in [7, 11) is 0. The highest BCUT2D eigenvalue weighted by atomic mass is 19.4. The average molecular weight is 534 g/mol. The summed E-state index contributed by atoms with van der Waals surface area (Å²) in [6, 6.07) is 3.38. The van der Waals surface area contributed by atoms with Crippen LogP contribution in [0.3, 0.4) is 0 Å². The molecule has 38 heavy (non-hydrogen) atoms. The molecule has 4 aliphatic rings. The maximum Gasteiger partial charge on any atom is 0.398 e. The van der Waals surface area contributed by atoms with E-state index in [9.17, 15) is 31.9 Å². The van der Waals surface area contributed by atoms with Crippen molar-refractivity contribution < 1.29 is 31.9 Å². The van der Waals surface area contributed by atoms with Crippen molar-refractivity contribution in [2.24, 2.45) is 16.3 Å². The number of phenols is 1. The molecule has 2 unspecified atom stereocenters. The molecular weight excluding hydrogens is 509 g/mol. The van der Waals surface area contributed by atoms with Crippen LogP contribution in [-0.2, 0) is 11.2 Å². The number of aromatic amines is 1. The van der Waals surface area contributed by atoms with Crippen LogP contribution in [-0.4, -0.2) is 52.5 Å². The van der Waals surface area contributed by atoms with Gasteiger partial charge >= 0.3 is 6.18 Å². The summed E-state index contributed by atoms with van der Waals surface area (Å²) in [5, 5.41) is 9.90. The van der Waals surface area contributed by atoms with E-state index in [4.69, 9.17) is 0 Å². The van der Waals surface area contributed by atoms with Crippen molar-refractivity contribution in [3.63, 3.8) is 0 Å². The van der Waals surface area contributed by atoms with Crippen LogP contribution in [0.5, 0.6) is 5.75 Å². The summed E-state index contributed by atoms with van der Waals surface area (Å²) in [6.45, 7) is 0.784. The van der Waals surface area contributed by atoms with E-state index in [0.29, 0.717) is 37.6 Å². The Morgan fingerprint density at radius 3 is 2.55 bits per heavy atom. The van der Waals surface area contributed by atoms with Crippen molar-refractivity contribution in [1.29, 1.82) is 0 Å². The lowest BCUT2D eigenvalue weighted by atomic mass is 9.63. The molecule has 4 heterocycles. The number of aromatic hydroxyl groups is 1. The fourth-order valence-corrected chi connectivity index (χ4v) is 5.94. The third kappa shape index (κ3) is 3.80. The summed E-state index contributed by atoms with van der Waals surface area (Å²) in [4.78, 5) is 28.8. The summed E-state index contributed by atoms with van der Waals surface area (Å²) in [5.74, 6) is -4.60. The minimum atomic E-state index is -4.69. The van der Waals surface area contributed by atoms with Gasteiger partial charge in [-0.05, 0) is 43.9 Å². The maximum atomic E-state index is 14.1. The number of amides is 1. The zero-order chi connectivity index (χ0) is 26.8. The number of aliphatic imine (C=N–C) groups is 1. The first-order chi connectivity index (χ1) is 18.1. The Morgan fingerprint density at radius 2 is 1.89 bits per heavy atom. The number of alkyl halides is 3. The van der Waals surface area contributed by atoms with Crippen LogP contribution >= 0.6 is 0 Å². The molecule has 1 aromatic heterocycles. The second kappa shape index (κ2) is 8.67. The second-order valence-corrected chi connectivity index (χ2v) is 10.1. The Balaban J connectivity index is 1.24. The fraction of sp³-hybridized carbons (Fsp3) is 0.423. The number of halogens is 5. The second-order valence-electron chi connectivity index (χ2n) is 10.1. The van der Waals surface area contributed by atoms with Gasteiger partial charge < -0.3 is 19.9 Å². The minimum absolute atomic E-state index is 0.153. The molecule has 1 amide bonds. The van der Waals surface area contributed by atoms with Gasteiger partial charge in [-0.1, -0.05) is 6.08 Å². The molecule has 3 aliphatic heterocycles. The summed E-state index contributed by atoms with van der Waals surface area (Å²) >= 11 is 0. The Labute approximate surface area is 214 Å². The largest absolute Gasteiger partial charge is 0.505 e. The number of imidazole rings is 1. The van der Waals surface area contributed by atoms with Crippen molar-refractivity contribution in [3.8, 4) is 5.75 Å². The Bertz CT molecular complexity index is 1390. The first kappa shape index (κ1) is 24.6. The van der Waals surface area contributed by atoms with Crippen LogP contribution in [0.25, 0.3) is 6.08 Å². The highest BCUT2D eigenvalue weighted by Crippen LogP contribution is 2.53. The molecular formula is C26H24F5N5O2. The van der Waals surface area contributed by atoms with Crippen molar-refractivity contribution in [3.05, 3.63) is 53.0 Å². The van der Waals surface area contributed by atoms with Gasteiger partial charge in [0.25, 0.3) is 0 Å². The molecule has 2 N–H and O–H groups in total. The summed E-state index contributed by atoms with van der Waals surface area (Å²) < 4.78 is 67.4. The van der Waals surface area contributed by atoms with Crippen LogP contribution in [0.2, 0.25) is 0 Å². The molecule has 0 radical (unpaired) electrons. The van der Waals surface area contributed by atoms with Gasteiger partial charge in [0.1, 0.15) is 11.7 Å². The number of hydrogen-bond donors (Lipinski definition) is 2. The number of nitrogens with one attached hydrogen (secondary N) is 1. The van der Waals surface area contributed by atoms with Gasteiger partial charge in [-0.25, -0.2) is 13.8 Å². The molecule has 12 heteroatoms. The van der Waals surface area contributed by atoms with E-state index in [2.05, 4.69) is 15.0 Å². The number of phenolic OH excluding ortho intramolecular Hbond substituents is 1. The quantitative estimate of drug-likeness (QED) is 0.427. The smallest absolute Gasteiger partial charge is 0.398 e. The van der Waals surface area contributed by atoms with Crippen LogP contribution in [0.15, 0.2) is 40.8 Å². The van der Waals surface area contributed by atoms with Gasteiger partial charge in [0.2, 0.25) is 11.9 Å². The Kier molecular flexibility index (Phi) is 5.62. The standard InChI is InChI=1S/C26H24F5N5O2/c27-16-5-4-14(11-21(16)37)36-22(18-3-1-2-8-32-18)25(23(36)38)6-9-35(10-7-25)24-33-19-12-15(26(29,30)31)17(28)13-20(19)34-24/h3-5,8,11,13,15,22,37H,1-2,6-7,9-10,12H2,(H,33,34). The molecule has 1 spiro atoms. The molecule has 200 valence electrons. The summed E-state index contributed by atoms with van der Waals surface area (Å²) in [5.41, 5.74) is 0.715. The van der Waals surface area contributed by atoms with Gasteiger partial charge in [0.05, 0.1) is 22.8 Å². The van der Waals surface area contributed by atoms with E-state index in [1.54, 1.807) is 11.1 Å². The zero-order valence-corrected chi connectivity index (χ0v) is 20.1. The number of H-pyrrole nitrogens is 1. The predicted molar refractivity (Wildman–Crippen MR) is 130 cm³/mol. The van der Waals surface area contributed by atoms with Crippen molar-refractivity contribution in [2.75, 3.05) is 22.9 Å². The molecule has 6 rings (SSSR count). The lowest BCUT2D eigenvalue weighted by molar-refractivity contribution is -0.168.